The first kappa shape index (κ1) is 15.7. The van der Waals surface area contributed by atoms with Gasteiger partial charge in [-0.1, -0.05) is 40.1 Å². The second kappa shape index (κ2) is 6.95. The molecule has 0 spiro atoms. The van der Waals surface area contributed by atoms with Crippen molar-refractivity contribution in [3.63, 3.8) is 0 Å². The summed E-state index contributed by atoms with van der Waals surface area (Å²) in [7, 11) is 0. The van der Waals surface area contributed by atoms with E-state index in [1.807, 2.05) is 30.5 Å². The molecule has 120 valence electrons. The average molecular weight is 377 g/mol. The van der Waals surface area contributed by atoms with E-state index >= 15 is 0 Å². The van der Waals surface area contributed by atoms with Gasteiger partial charge in [-0.15, -0.1) is 0 Å². The number of rotatable bonds is 5. The smallest absolute Gasteiger partial charge is 0.268 e. The summed E-state index contributed by atoms with van der Waals surface area (Å²) in [5.41, 5.74) is 2.39. The summed E-state index contributed by atoms with van der Waals surface area (Å²) in [6.45, 7) is 2.90. The SMILES string of the molecule is CCCn1cc(NC(=O)[C@H]2CC(c3cccc(Br)c3)=NO2)cn1. The van der Waals surface area contributed by atoms with Crippen LogP contribution in [0.1, 0.15) is 25.3 Å². The van der Waals surface area contributed by atoms with E-state index in [2.05, 4.69) is 38.4 Å². The molecule has 0 bridgehead atoms. The molecular formula is C16H17BrN4O2. The summed E-state index contributed by atoms with van der Waals surface area (Å²) in [4.78, 5) is 17.6. The van der Waals surface area contributed by atoms with Gasteiger partial charge in [-0.2, -0.15) is 5.10 Å². The van der Waals surface area contributed by atoms with Gasteiger partial charge >= 0.3 is 0 Å². The van der Waals surface area contributed by atoms with E-state index in [4.69, 9.17) is 4.84 Å². The van der Waals surface area contributed by atoms with Crippen LogP contribution in [-0.2, 0) is 16.2 Å². The van der Waals surface area contributed by atoms with Gasteiger partial charge in [0.25, 0.3) is 5.91 Å². The lowest BCUT2D eigenvalue weighted by atomic mass is 10.0. The van der Waals surface area contributed by atoms with Crippen LogP contribution in [0.5, 0.6) is 0 Å². The second-order valence-corrected chi connectivity index (χ2v) is 6.24. The Bertz CT molecular complexity index is 741. The predicted octanol–water partition coefficient (Wildman–Crippen LogP) is 3.19. The number of aryl methyl sites for hydroxylation is 1. The van der Waals surface area contributed by atoms with Crippen LogP contribution in [0.15, 0.2) is 46.3 Å². The minimum Gasteiger partial charge on any atom is -0.382 e. The number of carbonyl (C=O) groups is 1. The largest absolute Gasteiger partial charge is 0.382 e. The molecular weight excluding hydrogens is 360 g/mol. The maximum Gasteiger partial charge on any atom is 0.268 e. The van der Waals surface area contributed by atoms with Crippen molar-refractivity contribution in [1.82, 2.24) is 9.78 Å². The van der Waals surface area contributed by atoms with Crippen molar-refractivity contribution in [3.8, 4) is 0 Å². The number of hydrogen-bond donors (Lipinski definition) is 1. The number of amides is 1. The molecule has 0 saturated heterocycles. The molecule has 1 aliphatic rings. The van der Waals surface area contributed by atoms with Crippen LogP contribution < -0.4 is 5.32 Å². The Labute approximate surface area is 142 Å². The van der Waals surface area contributed by atoms with Crippen molar-refractivity contribution >= 4 is 33.2 Å². The van der Waals surface area contributed by atoms with Gasteiger partial charge in [-0.05, 0) is 18.6 Å². The fourth-order valence-electron chi connectivity index (χ4n) is 2.36. The lowest BCUT2D eigenvalue weighted by Gasteiger charge is -2.07. The molecule has 1 aromatic carbocycles. The monoisotopic (exact) mass is 376 g/mol. The van der Waals surface area contributed by atoms with E-state index in [-0.39, 0.29) is 5.91 Å². The Morgan fingerprint density at radius 3 is 3.17 bits per heavy atom. The van der Waals surface area contributed by atoms with Crippen molar-refractivity contribution in [3.05, 3.63) is 46.7 Å². The van der Waals surface area contributed by atoms with Gasteiger partial charge in [0, 0.05) is 29.2 Å². The highest BCUT2D eigenvalue weighted by atomic mass is 79.9. The molecule has 3 rings (SSSR count). The number of nitrogens with one attached hydrogen (secondary N) is 1. The molecule has 0 fully saturated rings. The molecule has 1 aliphatic heterocycles. The molecule has 1 atom stereocenters. The van der Waals surface area contributed by atoms with Crippen molar-refractivity contribution in [2.75, 3.05) is 5.32 Å². The highest BCUT2D eigenvalue weighted by Crippen LogP contribution is 2.20. The van der Waals surface area contributed by atoms with Crippen LogP contribution in [0, 0.1) is 0 Å². The number of hydrogen-bond acceptors (Lipinski definition) is 4. The minimum absolute atomic E-state index is 0.213. The van der Waals surface area contributed by atoms with E-state index < -0.39 is 6.10 Å². The zero-order chi connectivity index (χ0) is 16.2. The zero-order valence-electron chi connectivity index (χ0n) is 12.7. The molecule has 0 radical (unpaired) electrons. The molecule has 0 unspecified atom stereocenters. The fraction of sp³-hybridized carbons (Fsp3) is 0.312. The summed E-state index contributed by atoms with van der Waals surface area (Å²) in [5.74, 6) is -0.213. The molecule has 2 heterocycles. The third-order valence-electron chi connectivity index (χ3n) is 3.47. The minimum atomic E-state index is -0.612. The first-order valence-electron chi connectivity index (χ1n) is 7.47. The number of anilines is 1. The van der Waals surface area contributed by atoms with Crippen molar-refractivity contribution < 1.29 is 9.63 Å². The molecule has 2 aromatic rings. The number of oxime groups is 1. The normalized spacial score (nSPS) is 16.8. The van der Waals surface area contributed by atoms with Crippen LogP contribution in [0.25, 0.3) is 0 Å². The Kier molecular flexibility index (Phi) is 4.76. The number of aromatic nitrogens is 2. The summed E-state index contributed by atoms with van der Waals surface area (Å²) >= 11 is 3.43. The predicted molar refractivity (Wildman–Crippen MR) is 91.3 cm³/mol. The lowest BCUT2D eigenvalue weighted by molar-refractivity contribution is -0.125. The molecule has 0 aliphatic carbocycles. The van der Waals surface area contributed by atoms with Gasteiger partial charge in [0.05, 0.1) is 17.6 Å². The topological polar surface area (TPSA) is 68.5 Å². The molecule has 6 nitrogen and oxygen atoms in total. The van der Waals surface area contributed by atoms with Gasteiger partial charge < -0.3 is 10.2 Å². The Morgan fingerprint density at radius 2 is 2.39 bits per heavy atom. The van der Waals surface area contributed by atoms with E-state index in [0.717, 1.165) is 28.7 Å². The summed E-state index contributed by atoms with van der Waals surface area (Å²) in [5, 5.41) is 11.0. The molecule has 7 heteroatoms. The van der Waals surface area contributed by atoms with Crippen LogP contribution >= 0.6 is 15.9 Å². The van der Waals surface area contributed by atoms with Crippen LogP contribution in [0.4, 0.5) is 5.69 Å². The van der Waals surface area contributed by atoms with E-state index in [1.165, 1.54) is 0 Å². The molecule has 1 amide bonds. The van der Waals surface area contributed by atoms with E-state index in [1.54, 1.807) is 10.9 Å². The maximum atomic E-state index is 12.3. The number of nitrogens with zero attached hydrogens (tertiary/aromatic N) is 3. The second-order valence-electron chi connectivity index (χ2n) is 5.33. The quantitative estimate of drug-likeness (QED) is 0.870. The third kappa shape index (κ3) is 3.79. The first-order chi connectivity index (χ1) is 11.2. The van der Waals surface area contributed by atoms with Gasteiger partial charge in [-0.25, -0.2) is 0 Å². The lowest BCUT2D eigenvalue weighted by Crippen LogP contribution is -2.27. The zero-order valence-corrected chi connectivity index (χ0v) is 14.3. The van der Waals surface area contributed by atoms with Crippen molar-refractivity contribution in [2.45, 2.75) is 32.4 Å². The van der Waals surface area contributed by atoms with Crippen molar-refractivity contribution in [2.24, 2.45) is 5.16 Å². The average Bonchev–Trinajstić information content (AvgIpc) is 3.17. The van der Waals surface area contributed by atoms with E-state index in [9.17, 15) is 4.79 Å². The number of carbonyl (C=O) groups excluding carboxylic acids is 1. The standard InChI is InChI=1S/C16H17BrN4O2/c1-2-6-21-10-13(9-18-21)19-16(22)15-8-14(20-23-15)11-4-3-5-12(17)7-11/h3-5,7,9-10,15H,2,6,8H2,1H3,(H,19,22)/t15-/m1/s1. The molecule has 1 aromatic heterocycles. The van der Waals surface area contributed by atoms with Crippen LogP contribution in [-0.4, -0.2) is 27.5 Å². The van der Waals surface area contributed by atoms with Crippen LogP contribution in [0.3, 0.4) is 0 Å². The summed E-state index contributed by atoms with van der Waals surface area (Å²) in [6.07, 6.45) is 4.28. The molecule has 23 heavy (non-hydrogen) atoms. The number of benzene rings is 1. The number of halogens is 1. The first-order valence-corrected chi connectivity index (χ1v) is 8.27. The third-order valence-corrected chi connectivity index (χ3v) is 3.97. The Morgan fingerprint density at radius 1 is 1.52 bits per heavy atom. The summed E-state index contributed by atoms with van der Waals surface area (Å²) < 4.78 is 2.77. The maximum absolute atomic E-state index is 12.3. The van der Waals surface area contributed by atoms with Crippen LogP contribution in [0.2, 0.25) is 0 Å². The Balaban J connectivity index is 1.60. The van der Waals surface area contributed by atoms with Gasteiger partial charge in [0.15, 0.2) is 0 Å². The summed E-state index contributed by atoms with van der Waals surface area (Å²) in [6, 6.07) is 7.77. The molecule has 0 saturated carbocycles. The van der Waals surface area contributed by atoms with Gasteiger partial charge in [0.2, 0.25) is 6.10 Å². The highest BCUT2D eigenvalue weighted by Gasteiger charge is 2.29. The molecule has 1 N–H and O–H groups in total. The van der Waals surface area contributed by atoms with E-state index in [0.29, 0.717) is 12.1 Å². The van der Waals surface area contributed by atoms with Gasteiger partial charge in [-0.3, -0.25) is 9.48 Å². The van der Waals surface area contributed by atoms with Crippen molar-refractivity contribution in [1.29, 1.82) is 0 Å². The highest BCUT2D eigenvalue weighted by molar-refractivity contribution is 9.10. The fourth-order valence-corrected chi connectivity index (χ4v) is 2.76. The Hall–Kier alpha value is -2.15. The van der Waals surface area contributed by atoms with Gasteiger partial charge in [0.1, 0.15) is 0 Å².